The molecule has 0 radical (unpaired) electrons. The van der Waals surface area contributed by atoms with Crippen molar-refractivity contribution in [3.05, 3.63) is 64.7 Å². The van der Waals surface area contributed by atoms with E-state index in [0.717, 1.165) is 0 Å². The molecule has 2 rings (SSSR count). The summed E-state index contributed by atoms with van der Waals surface area (Å²) in [5.41, 5.74) is 0.656. The van der Waals surface area contributed by atoms with E-state index in [4.69, 9.17) is 14.7 Å². The van der Waals surface area contributed by atoms with Crippen molar-refractivity contribution in [2.45, 2.75) is 39.2 Å². The molecule has 29 heavy (non-hydrogen) atoms. The maximum Gasteiger partial charge on any atom is 0.407 e. The van der Waals surface area contributed by atoms with Crippen LogP contribution in [0.1, 0.15) is 43.9 Å². The molecule has 0 aliphatic rings. The number of amides is 1. The summed E-state index contributed by atoms with van der Waals surface area (Å²) in [4.78, 5) is 11.6. The first-order valence-electron chi connectivity index (χ1n) is 9.24. The lowest BCUT2D eigenvalue weighted by Gasteiger charge is -2.19. The zero-order valence-corrected chi connectivity index (χ0v) is 16.7. The molecule has 7 heteroatoms. The van der Waals surface area contributed by atoms with Crippen LogP contribution in [0.3, 0.4) is 0 Å². The highest BCUT2D eigenvalue weighted by Crippen LogP contribution is 2.20. The largest absolute Gasteiger partial charge is 0.493 e. The molecular weight excluding hydrogens is 378 g/mol. The van der Waals surface area contributed by atoms with Crippen molar-refractivity contribution in [1.82, 2.24) is 5.32 Å². The number of ether oxygens (including phenoxy) is 2. The number of rotatable bonds is 7. The van der Waals surface area contributed by atoms with Gasteiger partial charge in [-0.15, -0.1) is 0 Å². The van der Waals surface area contributed by atoms with E-state index in [0.29, 0.717) is 36.3 Å². The topological polar surface area (TPSA) is 71.3 Å². The maximum atomic E-state index is 13.9. The molecule has 0 aromatic heterocycles. The zero-order chi connectivity index (χ0) is 21.4. The first kappa shape index (κ1) is 22.2. The summed E-state index contributed by atoms with van der Waals surface area (Å²) in [5, 5.41) is 11.4. The van der Waals surface area contributed by atoms with Crippen LogP contribution in [-0.4, -0.2) is 24.8 Å². The standard InChI is InChI=1S/C22H24F2N2O3/c1-22(2,3)29-21(27)26-7-4-8-28-19-11-16(10-18(23)13-19)9-15-5-6-17(14-25)20(24)12-15/h5-6,10-13H,4,7-9H2,1-3H3,(H,26,27). The van der Waals surface area contributed by atoms with Gasteiger partial charge in [-0.05, 0) is 69.0 Å². The first-order chi connectivity index (χ1) is 13.7. The fourth-order valence-corrected chi connectivity index (χ4v) is 2.57. The van der Waals surface area contributed by atoms with Crippen LogP contribution in [-0.2, 0) is 11.2 Å². The number of nitriles is 1. The molecule has 0 spiro atoms. The summed E-state index contributed by atoms with van der Waals surface area (Å²) in [6.07, 6.45) is 0.322. The Morgan fingerprint density at radius 3 is 2.55 bits per heavy atom. The fourth-order valence-electron chi connectivity index (χ4n) is 2.57. The molecular formula is C22H24F2N2O3. The average Bonchev–Trinajstić information content (AvgIpc) is 2.59. The monoisotopic (exact) mass is 402 g/mol. The van der Waals surface area contributed by atoms with Crippen LogP contribution in [0, 0.1) is 23.0 Å². The summed E-state index contributed by atoms with van der Waals surface area (Å²) in [6, 6.07) is 10.4. The molecule has 0 bridgehead atoms. The van der Waals surface area contributed by atoms with Gasteiger partial charge in [-0.25, -0.2) is 13.6 Å². The number of benzene rings is 2. The molecule has 0 atom stereocenters. The second-order valence-corrected chi connectivity index (χ2v) is 7.53. The fraction of sp³-hybridized carbons (Fsp3) is 0.364. The Hall–Kier alpha value is -3.14. The van der Waals surface area contributed by atoms with Crippen molar-refractivity contribution in [2.75, 3.05) is 13.2 Å². The second-order valence-electron chi connectivity index (χ2n) is 7.53. The molecule has 2 aromatic carbocycles. The minimum absolute atomic E-state index is 0.0306. The Morgan fingerprint density at radius 1 is 1.14 bits per heavy atom. The van der Waals surface area contributed by atoms with Crippen LogP contribution < -0.4 is 10.1 Å². The number of nitrogens with one attached hydrogen (secondary N) is 1. The molecule has 154 valence electrons. The second kappa shape index (κ2) is 9.87. The number of hydrogen-bond acceptors (Lipinski definition) is 4. The van der Waals surface area contributed by atoms with Gasteiger partial charge in [0.2, 0.25) is 0 Å². The first-order valence-corrected chi connectivity index (χ1v) is 9.24. The van der Waals surface area contributed by atoms with Gasteiger partial charge in [0.1, 0.15) is 29.1 Å². The Kier molecular flexibility index (Phi) is 7.54. The number of nitrogens with zero attached hydrogens (tertiary/aromatic N) is 1. The van der Waals surface area contributed by atoms with Crippen molar-refractivity contribution in [1.29, 1.82) is 5.26 Å². The van der Waals surface area contributed by atoms with Crippen molar-refractivity contribution in [2.24, 2.45) is 0 Å². The average molecular weight is 402 g/mol. The van der Waals surface area contributed by atoms with Crippen LogP contribution >= 0.6 is 0 Å². The summed E-state index contributed by atoms with van der Waals surface area (Å²) < 4.78 is 38.3. The summed E-state index contributed by atoms with van der Waals surface area (Å²) in [6.45, 7) is 5.99. The van der Waals surface area contributed by atoms with Crippen molar-refractivity contribution >= 4 is 6.09 Å². The highest BCUT2D eigenvalue weighted by atomic mass is 19.1. The predicted molar refractivity (Wildman–Crippen MR) is 105 cm³/mol. The number of hydrogen-bond donors (Lipinski definition) is 1. The van der Waals surface area contributed by atoms with E-state index in [1.807, 2.05) is 0 Å². The van der Waals surface area contributed by atoms with Crippen LogP contribution in [0.15, 0.2) is 36.4 Å². The van der Waals surface area contributed by atoms with Gasteiger partial charge in [-0.1, -0.05) is 6.07 Å². The van der Waals surface area contributed by atoms with E-state index in [-0.39, 0.29) is 12.2 Å². The lowest BCUT2D eigenvalue weighted by atomic mass is 10.0. The highest BCUT2D eigenvalue weighted by Gasteiger charge is 2.15. The van der Waals surface area contributed by atoms with Crippen LogP contribution in [0.25, 0.3) is 0 Å². The van der Waals surface area contributed by atoms with Crippen LogP contribution in [0.5, 0.6) is 5.75 Å². The lowest BCUT2D eigenvalue weighted by molar-refractivity contribution is 0.0525. The van der Waals surface area contributed by atoms with Gasteiger partial charge in [0.15, 0.2) is 0 Å². The van der Waals surface area contributed by atoms with Crippen molar-refractivity contribution in [3.8, 4) is 11.8 Å². The zero-order valence-electron chi connectivity index (χ0n) is 16.7. The van der Waals surface area contributed by atoms with Gasteiger partial charge in [0.05, 0.1) is 12.2 Å². The smallest absolute Gasteiger partial charge is 0.407 e. The lowest BCUT2D eigenvalue weighted by Crippen LogP contribution is -2.33. The van der Waals surface area contributed by atoms with Crippen molar-refractivity contribution in [3.63, 3.8) is 0 Å². The third kappa shape index (κ3) is 7.78. The molecule has 0 saturated carbocycles. The van der Waals surface area contributed by atoms with E-state index < -0.39 is 23.3 Å². The molecule has 5 nitrogen and oxygen atoms in total. The Bertz CT molecular complexity index is 902. The molecule has 0 unspecified atom stereocenters. The SMILES string of the molecule is CC(C)(C)OC(=O)NCCCOc1cc(F)cc(Cc2ccc(C#N)c(F)c2)c1. The van der Waals surface area contributed by atoms with E-state index in [1.165, 1.54) is 24.3 Å². The van der Waals surface area contributed by atoms with E-state index in [2.05, 4.69) is 5.32 Å². The molecule has 0 aliphatic carbocycles. The molecule has 2 aromatic rings. The normalized spacial score (nSPS) is 10.9. The summed E-state index contributed by atoms with van der Waals surface area (Å²) in [5.74, 6) is -0.708. The van der Waals surface area contributed by atoms with Gasteiger partial charge >= 0.3 is 6.09 Å². The minimum atomic E-state index is -0.602. The Balaban J connectivity index is 1.87. The predicted octanol–water partition coefficient (Wildman–Crippen LogP) is 4.72. The van der Waals surface area contributed by atoms with E-state index in [9.17, 15) is 13.6 Å². The van der Waals surface area contributed by atoms with Gasteiger partial charge in [0, 0.05) is 12.6 Å². The third-order valence-corrected chi connectivity index (χ3v) is 3.75. The molecule has 0 saturated heterocycles. The number of carbonyl (C=O) groups is 1. The molecule has 1 N–H and O–H groups in total. The van der Waals surface area contributed by atoms with Crippen molar-refractivity contribution < 1.29 is 23.0 Å². The third-order valence-electron chi connectivity index (χ3n) is 3.75. The highest BCUT2D eigenvalue weighted by molar-refractivity contribution is 5.67. The van der Waals surface area contributed by atoms with Gasteiger partial charge in [-0.3, -0.25) is 0 Å². The summed E-state index contributed by atoms with van der Waals surface area (Å²) in [7, 11) is 0. The van der Waals surface area contributed by atoms with E-state index >= 15 is 0 Å². The summed E-state index contributed by atoms with van der Waals surface area (Å²) >= 11 is 0. The molecule has 0 heterocycles. The minimum Gasteiger partial charge on any atom is -0.493 e. The van der Waals surface area contributed by atoms with Crippen LogP contribution in [0.4, 0.5) is 13.6 Å². The molecule has 1 amide bonds. The number of carbonyl (C=O) groups excluding carboxylic acids is 1. The quantitative estimate of drug-likeness (QED) is 0.680. The van der Waals surface area contributed by atoms with Gasteiger partial charge in [0.25, 0.3) is 0 Å². The molecule has 0 fully saturated rings. The van der Waals surface area contributed by atoms with Gasteiger partial charge < -0.3 is 14.8 Å². The Morgan fingerprint density at radius 2 is 1.90 bits per heavy atom. The maximum absolute atomic E-state index is 13.9. The number of alkyl carbamates (subject to hydrolysis) is 1. The number of halogens is 2. The Labute approximate surface area is 169 Å². The molecule has 0 aliphatic heterocycles. The van der Waals surface area contributed by atoms with Crippen LogP contribution in [0.2, 0.25) is 0 Å². The van der Waals surface area contributed by atoms with E-state index in [1.54, 1.807) is 39.0 Å². The van der Waals surface area contributed by atoms with Gasteiger partial charge in [-0.2, -0.15) is 5.26 Å².